The molecule has 0 bridgehead atoms. The van der Waals surface area contributed by atoms with Crippen molar-refractivity contribution in [2.24, 2.45) is 0 Å². The highest BCUT2D eigenvalue weighted by Gasteiger charge is 2.34. The molecule has 1 amide bonds. The van der Waals surface area contributed by atoms with Gasteiger partial charge in [-0.1, -0.05) is 17.3 Å². The van der Waals surface area contributed by atoms with Gasteiger partial charge in [0.2, 0.25) is 5.91 Å². The Morgan fingerprint density at radius 2 is 2.17 bits per heavy atom. The number of nitrogens with zero attached hydrogens (tertiary/aromatic N) is 3. The van der Waals surface area contributed by atoms with Crippen molar-refractivity contribution in [1.82, 2.24) is 10.1 Å². The minimum atomic E-state index is -0.0890. The van der Waals surface area contributed by atoms with Crippen LogP contribution in [-0.2, 0) is 4.79 Å². The highest BCUT2D eigenvalue weighted by molar-refractivity contribution is 9.10. The molecule has 3 aromatic rings. The maximum absolute atomic E-state index is 12.4. The van der Waals surface area contributed by atoms with E-state index in [-0.39, 0.29) is 11.8 Å². The minimum absolute atomic E-state index is 0.0673. The van der Waals surface area contributed by atoms with Crippen LogP contribution in [0.15, 0.2) is 50.0 Å². The van der Waals surface area contributed by atoms with Gasteiger partial charge in [-0.3, -0.25) is 4.79 Å². The third kappa shape index (κ3) is 2.75. The van der Waals surface area contributed by atoms with Gasteiger partial charge >= 0.3 is 0 Å². The summed E-state index contributed by atoms with van der Waals surface area (Å²) < 4.78 is 11.3. The molecule has 0 radical (unpaired) electrons. The summed E-state index contributed by atoms with van der Waals surface area (Å²) >= 11 is 3.24. The molecule has 2 aromatic heterocycles. The standard InChI is InChI=1S/C17H14BrN3O3/c1-10-3-2-4-12(7-10)21-9-11(8-15(21)22)16-19-17(24-20-16)13-5-6-14(18)23-13/h2-7,11H,8-9H2,1H3. The van der Waals surface area contributed by atoms with E-state index in [1.54, 1.807) is 17.0 Å². The Hall–Kier alpha value is -2.41. The fraction of sp³-hybridized carbons (Fsp3) is 0.235. The lowest BCUT2D eigenvalue weighted by Gasteiger charge is -2.16. The Balaban J connectivity index is 1.56. The Morgan fingerprint density at radius 3 is 2.92 bits per heavy atom. The third-order valence-corrected chi connectivity index (χ3v) is 4.46. The first-order valence-electron chi connectivity index (χ1n) is 7.56. The summed E-state index contributed by atoms with van der Waals surface area (Å²) in [6.07, 6.45) is 0.370. The average Bonchev–Trinajstić information content (AvgIpc) is 3.26. The van der Waals surface area contributed by atoms with Crippen LogP contribution in [0, 0.1) is 6.92 Å². The monoisotopic (exact) mass is 387 g/mol. The summed E-state index contributed by atoms with van der Waals surface area (Å²) in [7, 11) is 0. The molecule has 1 aliphatic rings. The van der Waals surface area contributed by atoms with Gasteiger partial charge < -0.3 is 13.8 Å². The molecule has 0 spiro atoms. The van der Waals surface area contributed by atoms with Crippen molar-refractivity contribution in [2.45, 2.75) is 19.3 Å². The molecule has 3 heterocycles. The van der Waals surface area contributed by atoms with Gasteiger partial charge in [0.1, 0.15) is 0 Å². The molecule has 1 atom stereocenters. The molecule has 1 fully saturated rings. The van der Waals surface area contributed by atoms with E-state index in [0.717, 1.165) is 11.3 Å². The molecule has 24 heavy (non-hydrogen) atoms. The summed E-state index contributed by atoms with van der Waals surface area (Å²) in [5, 5.41) is 4.02. The number of amides is 1. The van der Waals surface area contributed by atoms with E-state index in [9.17, 15) is 4.79 Å². The number of anilines is 1. The number of furan rings is 1. The lowest BCUT2D eigenvalue weighted by atomic mass is 10.1. The van der Waals surface area contributed by atoms with Crippen LogP contribution in [-0.4, -0.2) is 22.6 Å². The number of benzene rings is 1. The average molecular weight is 388 g/mol. The fourth-order valence-corrected chi connectivity index (χ4v) is 3.16. The minimum Gasteiger partial charge on any atom is -0.444 e. The predicted octanol–water partition coefficient (Wildman–Crippen LogP) is 3.92. The van der Waals surface area contributed by atoms with Crippen molar-refractivity contribution in [3.63, 3.8) is 0 Å². The van der Waals surface area contributed by atoms with E-state index in [0.29, 0.717) is 35.1 Å². The van der Waals surface area contributed by atoms with Crippen molar-refractivity contribution < 1.29 is 13.7 Å². The van der Waals surface area contributed by atoms with Crippen molar-refractivity contribution >= 4 is 27.5 Å². The largest absolute Gasteiger partial charge is 0.444 e. The quantitative estimate of drug-likeness (QED) is 0.680. The van der Waals surface area contributed by atoms with Crippen molar-refractivity contribution in [2.75, 3.05) is 11.4 Å². The van der Waals surface area contributed by atoms with E-state index in [1.165, 1.54) is 0 Å². The molecule has 6 nitrogen and oxygen atoms in total. The Morgan fingerprint density at radius 1 is 1.29 bits per heavy atom. The van der Waals surface area contributed by atoms with Gasteiger partial charge in [-0.25, -0.2) is 0 Å². The molecule has 0 saturated carbocycles. The number of hydrogen-bond acceptors (Lipinski definition) is 5. The van der Waals surface area contributed by atoms with Crippen LogP contribution >= 0.6 is 15.9 Å². The number of carbonyl (C=O) groups is 1. The third-order valence-electron chi connectivity index (χ3n) is 4.03. The number of aryl methyl sites for hydroxylation is 1. The number of hydrogen-bond donors (Lipinski definition) is 0. The summed E-state index contributed by atoms with van der Waals surface area (Å²) in [6, 6.07) is 11.4. The summed E-state index contributed by atoms with van der Waals surface area (Å²) in [5.41, 5.74) is 2.02. The van der Waals surface area contributed by atoms with Crippen molar-refractivity contribution in [1.29, 1.82) is 0 Å². The normalized spacial score (nSPS) is 17.7. The smallest absolute Gasteiger partial charge is 0.293 e. The lowest BCUT2D eigenvalue weighted by molar-refractivity contribution is -0.117. The second kappa shape index (κ2) is 5.90. The Kier molecular flexibility index (Phi) is 3.72. The molecule has 0 N–H and O–H groups in total. The summed E-state index contributed by atoms with van der Waals surface area (Å²) in [4.78, 5) is 18.5. The van der Waals surface area contributed by atoms with Crippen LogP contribution in [0.4, 0.5) is 5.69 Å². The molecule has 1 saturated heterocycles. The van der Waals surface area contributed by atoms with Crippen LogP contribution in [0.1, 0.15) is 23.7 Å². The maximum Gasteiger partial charge on any atom is 0.293 e. The van der Waals surface area contributed by atoms with Gasteiger partial charge in [0.25, 0.3) is 5.89 Å². The summed E-state index contributed by atoms with van der Waals surface area (Å²) in [6.45, 7) is 2.55. The molecule has 122 valence electrons. The van der Waals surface area contributed by atoms with Gasteiger partial charge in [-0.15, -0.1) is 0 Å². The molecular formula is C17H14BrN3O3. The zero-order valence-electron chi connectivity index (χ0n) is 12.9. The van der Waals surface area contributed by atoms with E-state index in [2.05, 4.69) is 26.1 Å². The van der Waals surface area contributed by atoms with E-state index < -0.39 is 0 Å². The predicted molar refractivity (Wildman–Crippen MR) is 90.6 cm³/mol. The summed E-state index contributed by atoms with van der Waals surface area (Å²) in [5.74, 6) is 1.32. The van der Waals surface area contributed by atoms with Gasteiger partial charge in [0, 0.05) is 24.6 Å². The first kappa shape index (κ1) is 15.1. The van der Waals surface area contributed by atoms with Gasteiger partial charge in [-0.2, -0.15) is 4.98 Å². The first-order chi connectivity index (χ1) is 11.6. The number of halogens is 1. The van der Waals surface area contributed by atoms with Crippen LogP contribution in [0.25, 0.3) is 11.7 Å². The molecule has 1 unspecified atom stereocenters. The topological polar surface area (TPSA) is 72.4 Å². The van der Waals surface area contributed by atoms with E-state index in [4.69, 9.17) is 8.94 Å². The lowest BCUT2D eigenvalue weighted by Crippen LogP contribution is -2.24. The second-order valence-electron chi connectivity index (χ2n) is 5.81. The molecule has 1 aromatic carbocycles. The maximum atomic E-state index is 12.4. The van der Waals surface area contributed by atoms with E-state index >= 15 is 0 Å². The second-order valence-corrected chi connectivity index (χ2v) is 6.59. The van der Waals surface area contributed by atoms with Crippen LogP contribution in [0.2, 0.25) is 0 Å². The molecule has 0 aliphatic carbocycles. The molecule has 1 aliphatic heterocycles. The van der Waals surface area contributed by atoms with Gasteiger partial charge in [-0.05, 0) is 52.7 Å². The number of rotatable bonds is 3. The van der Waals surface area contributed by atoms with Gasteiger partial charge in [0.15, 0.2) is 16.3 Å². The first-order valence-corrected chi connectivity index (χ1v) is 8.36. The van der Waals surface area contributed by atoms with Crippen LogP contribution in [0.5, 0.6) is 0 Å². The number of carbonyl (C=O) groups excluding carboxylic acids is 1. The zero-order valence-corrected chi connectivity index (χ0v) is 14.5. The zero-order chi connectivity index (χ0) is 16.7. The Bertz CT molecular complexity index is 902. The van der Waals surface area contributed by atoms with Crippen LogP contribution < -0.4 is 4.90 Å². The van der Waals surface area contributed by atoms with Crippen molar-refractivity contribution in [3.05, 3.63) is 52.5 Å². The molecular weight excluding hydrogens is 374 g/mol. The SMILES string of the molecule is Cc1cccc(N2CC(c3noc(-c4ccc(Br)o4)n3)CC2=O)c1. The molecule has 4 rings (SSSR count). The number of aromatic nitrogens is 2. The van der Waals surface area contributed by atoms with Crippen LogP contribution in [0.3, 0.4) is 0 Å². The van der Waals surface area contributed by atoms with Crippen molar-refractivity contribution in [3.8, 4) is 11.7 Å². The van der Waals surface area contributed by atoms with Gasteiger partial charge in [0.05, 0.1) is 0 Å². The highest BCUT2D eigenvalue weighted by atomic mass is 79.9. The molecule has 7 heteroatoms. The highest BCUT2D eigenvalue weighted by Crippen LogP contribution is 2.32. The Labute approximate surface area is 146 Å². The van der Waals surface area contributed by atoms with E-state index in [1.807, 2.05) is 31.2 Å². The fourth-order valence-electron chi connectivity index (χ4n) is 2.86.